The summed E-state index contributed by atoms with van der Waals surface area (Å²) in [5.74, 6) is 2.45. The Bertz CT molecular complexity index is 1130. The molecule has 0 unspecified atom stereocenters. The number of fused-ring (bicyclic) bond motifs is 3. The lowest BCUT2D eigenvalue weighted by Crippen LogP contribution is -2.42. The smallest absolute Gasteiger partial charge is 0.303 e. The van der Waals surface area contributed by atoms with E-state index in [1.54, 1.807) is 42.7 Å². The van der Waals surface area contributed by atoms with Gasteiger partial charge in [-0.1, -0.05) is 6.92 Å². The molecule has 0 amide bonds. The first-order valence-electron chi connectivity index (χ1n) is 11.1. The molecule has 9 heteroatoms. The van der Waals surface area contributed by atoms with Crippen LogP contribution in [0.1, 0.15) is 31.9 Å². The zero-order valence-corrected chi connectivity index (χ0v) is 23.3. The predicted molar refractivity (Wildman–Crippen MR) is 136 cm³/mol. The average Bonchev–Trinajstić information content (AvgIpc) is 2.82. The van der Waals surface area contributed by atoms with Gasteiger partial charge in [0.2, 0.25) is 11.5 Å². The van der Waals surface area contributed by atoms with Crippen molar-refractivity contribution >= 4 is 21.9 Å². The molecule has 0 heterocycles. The Morgan fingerprint density at radius 3 is 1.89 bits per heavy atom. The molecule has 3 rings (SSSR count). The summed E-state index contributed by atoms with van der Waals surface area (Å²) in [6.07, 6.45) is 0.960. The van der Waals surface area contributed by atoms with Crippen molar-refractivity contribution in [3.8, 4) is 45.6 Å². The summed E-state index contributed by atoms with van der Waals surface area (Å²) in [7, 11) is 9.43. The van der Waals surface area contributed by atoms with E-state index in [2.05, 4.69) is 22.9 Å². The first-order valence-corrected chi connectivity index (χ1v) is 11.9. The fourth-order valence-electron chi connectivity index (χ4n) is 4.87. The molecule has 0 saturated carbocycles. The van der Waals surface area contributed by atoms with Gasteiger partial charge in [0.25, 0.3) is 0 Å². The summed E-state index contributed by atoms with van der Waals surface area (Å²) >= 11 is 3.74. The monoisotopic (exact) mass is 552 g/mol. The van der Waals surface area contributed by atoms with Crippen LogP contribution in [-0.2, 0) is 22.4 Å². The van der Waals surface area contributed by atoms with Gasteiger partial charge in [-0.2, -0.15) is 0 Å². The minimum atomic E-state index is -0.828. The van der Waals surface area contributed by atoms with Crippen LogP contribution in [0.15, 0.2) is 10.5 Å². The largest absolute Gasteiger partial charge is 0.493 e. The summed E-state index contributed by atoms with van der Waals surface area (Å²) in [5.41, 5.74) is 2.43. The third-order valence-electron chi connectivity index (χ3n) is 6.65. The molecule has 0 fully saturated rings. The van der Waals surface area contributed by atoms with Crippen LogP contribution in [-0.4, -0.2) is 54.2 Å². The van der Waals surface area contributed by atoms with E-state index in [0.29, 0.717) is 51.8 Å². The van der Waals surface area contributed by atoms with Gasteiger partial charge in [0.1, 0.15) is 5.60 Å². The molecule has 1 aliphatic carbocycles. The Hall–Kier alpha value is -2.81. The molecule has 0 aliphatic heterocycles. The molecule has 35 heavy (non-hydrogen) atoms. The molecule has 8 nitrogen and oxygen atoms in total. The van der Waals surface area contributed by atoms with E-state index in [1.807, 2.05) is 13.0 Å². The molecule has 2 aromatic rings. The molecule has 0 aromatic heterocycles. The highest BCUT2D eigenvalue weighted by Crippen LogP contribution is 2.58. The van der Waals surface area contributed by atoms with Crippen molar-refractivity contribution in [2.24, 2.45) is 5.92 Å². The van der Waals surface area contributed by atoms with Crippen LogP contribution in [0.4, 0.5) is 0 Å². The van der Waals surface area contributed by atoms with Gasteiger partial charge in [0, 0.05) is 30.4 Å². The third kappa shape index (κ3) is 4.46. The second-order valence-electron chi connectivity index (χ2n) is 8.63. The molecule has 0 N–H and O–H groups in total. The van der Waals surface area contributed by atoms with Gasteiger partial charge in [-0.25, -0.2) is 0 Å². The SMILES string of the molecule is COc1cc2c(c(OC)c1OC)-c1c(c(Br)c(OC)c(OC)c1OC)C[C@@](C)(OC(C)=O)[C@H](C)C2. The second kappa shape index (κ2) is 10.4. The summed E-state index contributed by atoms with van der Waals surface area (Å²) < 4.78 is 41.3. The van der Waals surface area contributed by atoms with Crippen LogP contribution < -0.4 is 28.4 Å². The van der Waals surface area contributed by atoms with Crippen LogP contribution in [0.3, 0.4) is 0 Å². The number of carbonyl (C=O) groups excluding carboxylic acids is 1. The van der Waals surface area contributed by atoms with Gasteiger partial charge >= 0.3 is 5.97 Å². The maximum atomic E-state index is 12.2. The normalized spacial score (nSPS) is 18.9. The molecule has 0 saturated heterocycles. The van der Waals surface area contributed by atoms with Crippen molar-refractivity contribution in [1.29, 1.82) is 0 Å². The minimum absolute atomic E-state index is 0.0629. The van der Waals surface area contributed by atoms with Gasteiger partial charge in [0.05, 0.1) is 47.1 Å². The van der Waals surface area contributed by atoms with Crippen LogP contribution in [0.2, 0.25) is 0 Å². The number of ether oxygens (including phenoxy) is 7. The lowest BCUT2D eigenvalue weighted by Gasteiger charge is -2.39. The molecule has 1 aliphatic rings. The minimum Gasteiger partial charge on any atom is -0.493 e. The van der Waals surface area contributed by atoms with Crippen molar-refractivity contribution in [2.45, 2.75) is 39.2 Å². The number of hydrogen-bond acceptors (Lipinski definition) is 8. The molecule has 192 valence electrons. The zero-order valence-electron chi connectivity index (χ0n) is 21.7. The van der Waals surface area contributed by atoms with E-state index in [4.69, 9.17) is 33.2 Å². The highest BCUT2D eigenvalue weighted by Gasteiger charge is 2.42. The number of halogens is 1. The molecule has 0 radical (unpaired) electrons. The van der Waals surface area contributed by atoms with Gasteiger partial charge < -0.3 is 33.2 Å². The Morgan fingerprint density at radius 1 is 0.857 bits per heavy atom. The maximum Gasteiger partial charge on any atom is 0.303 e. The topological polar surface area (TPSA) is 81.7 Å². The molecule has 2 aromatic carbocycles. The van der Waals surface area contributed by atoms with E-state index in [9.17, 15) is 4.79 Å². The summed E-state index contributed by atoms with van der Waals surface area (Å²) in [5, 5.41) is 0. The Kier molecular flexibility index (Phi) is 7.99. The quantitative estimate of drug-likeness (QED) is 0.432. The first kappa shape index (κ1) is 26.8. The van der Waals surface area contributed by atoms with Crippen LogP contribution in [0.5, 0.6) is 34.5 Å². The highest BCUT2D eigenvalue weighted by molar-refractivity contribution is 9.10. The Morgan fingerprint density at radius 2 is 1.40 bits per heavy atom. The van der Waals surface area contributed by atoms with E-state index in [-0.39, 0.29) is 11.9 Å². The van der Waals surface area contributed by atoms with Gasteiger partial charge in [0.15, 0.2) is 23.0 Å². The molecular weight excluding hydrogens is 520 g/mol. The number of esters is 1. The van der Waals surface area contributed by atoms with E-state index < -0.39 is 5.60 Å². The molecule has 0 spiro atoms. The van der Waals surface area contributed by atoms with Gasteiger partial charge in [-0.05, 0) is 46.5 Å². The maximum absolute atomic E-state index is 12.2. The standard InChI is InChI=1S/C26H33BrO8/c1-13-10-15-11-17(29-4)21(30-5)22(31-6)18(15)19-16(12-26(13,3)35-14(2)28)20(27)24(33-8)25(34-9)23(19)32-7/h11,13H,10,12H2,1-9H3/t13-,26-/m1/s1. The fraction of sp³-hybridized carbons (Fsp3) is 0.500. The average molecular weight is 553 g/mol. The van der Waals surface area contributed by atoms with Crippen molar-refractivity contribution in [3.05, 3.63) is 21.7 Å². The van der Waals surface area contributed by atoms with E-state index in [0.717, 1.165) is 22.3 Å². The Balaban J connectivity index is 2.59. The van der Waals surface area contributed by atoms with Crippen molar-refractivity contribution in [1.82, 2.24) is 0 Å². The van der Waals surface area contributed by atoms with Crippen molar-refractivity contribution < 1.29 is 38.0 Å². The number of rotatable bonds is 7. The number of benzene rings is 2. The fourth-order valence-corrected chi connectivity index (χ4v) is 5.55. The highest BCUT2D eigenvalue weighted by atomic mass is 79.9. The molecule has 2 atom stereocenters. The predicted octanol–water partition coefficient (Wildman–Crippen LogP) is 5.22. The summed E-state index contributed by atoms with van der Waals surface area (Å²) in [6, 6.07) is 1.93. The lowest BCUT2D eigenvalue weighted by molar-refractivity contribution is -0.160. The lowest BCUT2D eigenvalue weighted by atomic mass is 9.74. The van der Waals surface area contributed by atoms with Crippen molar-refractivity contribution in [2.75, 3.05) is 42.7 Å². The van der Waals surface area contributed by atoms with Gasteiger partial charge in [-0.3, -0.25) is 4.79 Å². The molecular formula is C26H33BrO8. The van der Waals surface area contributed by atoms with E-state index >= 15 is 0 Å². The van der Waals surface area contributed by atoms with Crippen LogP contribution in [0, 0.1) is 5.92 Å². The number of hydrogen-bond donors (Lipinski definition) is 0. The summed E-state index contributed by atoms with van der Waals surface area (Å²) in [6.45, 7) is 5.43. The van der Waals surface area contributed by atoms with Crippen LogP contribution >= 0.6 is 15.9 Å². The van der Waals surface area contributed by atoms with Crippen molar-refractivity contribution in [3.63, 3.8) is 0 Å². The zero-order chi connectivity index (χ0) is 26.1. The first-order chi connectivity index (χ1) is 16.6. The number of carbonyl (C=O) groups is 1. The van der Waals surface area contributed by atoms with E-state index in [1.165, 1.54) is 6.92 Å². The molecule has 0 bridgehead atoms. The third-order valence-corrected chi connectivity index (χ3v) is 7.49. The van der Waals surface area contributed by atoms with Crippen LogP contribution in [0.25, 0.3) is 11.1 Å². The Labute approximate surface area is 214 Å². The summed E-state index contributed by atoms with van der Waals surface area (Å²) in [4.78, 5) is 12.2. The second-order valence-corrected chi connectivity index (χ2v) is 9.43. The number of methoxy groups -OCH3 is 6. The van der Waals surface area contributed by atoms with Gasteiger partial charge in [-0.15, -0.1) is 0 Å².